The smallest absolute Gasteiger partial charge is 0.255 e. The number of carbonyl (C=O) groups excluding carboxylic acids is 1. The zero-order chi connectivity index (χ0) is 18.0. The Morgan fingerprint density at radius 2 is 1.88 bits per heavy atom. The molecule has 2 aromatic carbocycles. The summed E-state index contributed by atoms with van der Waals surface area (Å²) < 4.78 is 1.91. The monoisotopic (exact) mass is 353 g/mol. The maximum Gasteiger partial charge on any atom is 0.255 e. The van der Waals surface area contributed by atoms with E-state index in [4.69, 9.17) is 11.6 Å². The molecular weight excluding hydrogens is 334 g/mol. The lowest BCUT2D eigenvalue weighted by Crippen LogP contribution is -2.11. The molecule has 1 heterocycles. The summed E-state index contributed by atoms with van der Waals surface area (Å²) in [5.74, 6) is -0.172. The van der Waals surface area contributed by atoms with Gasteiger partial charge in [-0.2, -0.15) is 5.10 Å². The van der Waals surface area contributed by atoms with Crippen LogP contribution in [0.2, 0.25) is 5.02 Å². The number of aryl methyl sites for hydroxylation is 2. The molecule has 1 aromatic heterocycles. The first-order valence-electron chi connectivity index (χ1n) is 8.09. The maximum absolute atomic E-state index is 12.3. The molecule has 0 unspecified atom stereocenters. The average Bonchev–Trinajstić information content (AvgIpc) is 2.83. The summed E-state index contributed by atoms with van der Waals surface area (Å²) in [6.07, 6.45) is 0.827. The molecule has 1 amide bonds. The number of aromatic nitrogens is 2. The van der Waals surface area contributed by atoms with Crippen molar-refractivity contribution in [1.82, 2.24) is 9.78 Å². The molecule has 0 saturated carbocycles. The van der Waals surface area contributed by atoms with E-state index in [2.05, 4.69) is 17.3 Å². The Bertz CT molecular complexity index is 913. The summed E-state index contributed by atoms with van der Waals surface area (Å²) >= 11 is 5.93. The van der Waals surface area contributed by atoms with Crippen LogP contribution in [0.15, 0.2) is 48.5 Å². The van der Waals surface area contributed by atoms with Crippen molar-refractivity contribution in [2.24, 2.45) is 7.05 Å². The van der Waals surface area contributed by atoms with Gasteiger partial charge in [0.15, 0.2) is 0 Å². The molecule has 0 aliphatic carbocycles. The summed E-state index contributed by atoms with van der Waals surface area (Å²) in [6, 6.07) is 14.8. The van der Waals surface area contributed by atoms with Crippen LogP contribution in [-0.2, 0) is 13.5 Å². The Morgan fingerprint density at radius 1 is 1.16 bits per heavy atom. The fourth-order valence-electron chi connectivity index (χ4n) is 2.82. The maximum atomic E-state index is 12.3. The van der Waals surface area contributed by atoms with E-state index in [0.29, 0.717) is 10.6 Å². The quantitative estimate of drug-likeness (QED) is 0.748. The predicted molar refractivity (Wildman–Crippen MR) is 101 cm³/mol. The molecule has 0 spiro atoms. The van der Waals surface area contributed by atoms with E-state index in [9.17, 15) is 4.79 Å². The van der Waals surface area contributed by atoms with Crippen molar-refractivity contribution in [3.05, 3.63) is 81.6 Å². The van der Waals surface area contributed by atoms with Crippen LogP contribution < -0.4 is 5.32 Å². The van der Waals surface area contributed by atoms with Gasteiger partial charge in [-0.15, -0.1) is 0 Å². The van der Waals surface area contributed by atoms with Gasteiger partial charge in [-0.3, -0.25) is 9.48 Å². The van der Waals surface area contributed by atoms with Crippen LogP contribution in [0.25, 0.3) is 0 Å². The van der Waals surface area contributed by atoms with E-state index in [1.807, 2.05) is 42.9 Å². The van der Waals surface area contributed by atoms with Crippen molar-refractivity contribution in [2.45, 2.75) is 20.3 Å². The van der Waals surface area contributed by atoms with Crippen LogP contribution in [-0.4, -0.2) is 15.7 Å². The Labute approximate surface area is 152 Å². The van der Waals surface area contributed by atoms with Gasteiger partial charge in [0.25, 0.3) is 5.91 Å². The highest BCUT2D eigenvalue weighted by Crippen LogP contribution is 2.19. The molecule has 0 aliphatic rings. The molecule has 4 nitrogen and oxygen atoms in total. The number of anilines is 1. The van der Waals surface area contributed by atoms with Gasteiger partial charge >= 0.3 is 0 Å². The van der Waals surface area contributed by atoms with E-state index < -0.39 is 0 Å². The average molecular weight is 354 g/mol. The topological polar surface area (TPSA) is 46.9 Å². The van der Waals surface area contributed by atoms with Gasteiger partial charge in [-0.1, -0.05) is 29.8 Å². The minimum Gasteiger partial charge on any atom is -0.322 e. The highest BCUT2D eigenvalue weighted by atomic mass is 35.5. The number of hydrogen-bond donors (Lipinski definition) is 1. The second-order valence-electron chi connectivity index (χ2n) is 6.11. The first kappa shape index (κ1) is 17.2. The molecule has 0 atom stereocenters. The van der Waals surface area contributed by atoms with E-state index in [1.54, 1.807) is 24.3 Å². The molecular formula is C20H20ClN3O. The number of nitrogens with one attached hydrogen (secondary N) is 1. The van der Waals surface area contributed by atoms with E-state index >= 15 is 0 Å². The van der Waals surface area contributed by atoms with Gasteiger partial charge in [-0.05, 0) is 49.7 Å². The van der Waals surface area contributed by atoms with Gasteiger partial charge in [-0.25, -0.2) is 0 Å². The molecule has 0 saturated heterocycles. The third kappa shape index (κ3) is 3.91. The minimum absolute atomic E-state index is 0.172. The molecule has 0 radical (unpaired) electrons. The molecule has 3 aromatic rings. The summed E-state index contributed by atoms with van der Waals surface area (Å²) in [5.41, 5.74) is 5.96. The first-order chi connectivity index (χ1) is 11.9. The minimum atomic E-state index is -0.172. The molecule has 25 heavy (non-hydrogen) atoms. The predicted octanol–water partition coefficient (Wildman–Crippen LogP) is 4.53. The van der Waals surface area contributed by atoms with Gasteiger partial charge in [0.1, 0.15) is 0 Å². The summed E-state index contributed by atoms with van der Waals surface area (Å²) in [7, 11) is 1.96. The lowest BCUT2D eigenvalue weighted by molar-refractivity contribution is 0.102. The van der Waals surface area contributed by atoms with Crippen molar-refractivity contribution in [3.63, 3.8) is 0 Å². The zero-order valence-electron chi connectivity index (χ0n) is 14.5. The second-order valence-corrected chi connectivity index (χ2v) is 6.55. The fraction of sp³-hybridized carbons (Fsp3) is 0.200. The molecule has 0 fully saturated rings. The number of benzene rings is 2. The number of amides is 1. The first-order valence-corrected chi connectivity index (χ1v) is 8.47. The number of halogens is 1. The second kappa shape index (κ2) is 7.11. The van der Waals surface area contributed by atoms with Gasteiger partial charge < -0.3 is 5.32 Å². The third-order valence-corrected chi connectivity index (χ3v) is 4.57. The van der Waals surface area contributed by atoms with Crippen LogP contribution in [0.1, 0.15) is 32.9 Å². The van der Waals surface area contributed by atoms with Crippen molar-refractivity contribution in [3.8, 4) is 0 Å². The Kier molecular flexibility index (Phi) is 4.91. The lowest BCUT2D eigenvalue weighted by atomic mass is 10.0. The van der Waals surface area contributed by atoms with Crippen LogP contribution in [0.5, 0.6) is 0 Å². The van der Waals surface area contributed by atoms with E-state index in [1.165, 1.54) is 16.8 Å². The van der Waals surface area contributed by atoms with Crippen molar-refractivity contribution in [1.29, 1.82) is 0 Å². The SMILES string of the molecule is Cc1nn(C)c(C)c1Cc1ccc(NC(=O)c2cccc(Cl)c2)cc1. The summed E-state index contributed by atoms with van der Waals surface area (Å²) in [4.78, 5) is 12.3. The van der Waals surface area contributed by atoms with Gasteiger partial charge in [0, 0.05) is 41.0 Å². The summed E-state index contributed by atoms with van der Waals surface area (Å²) in [6.45, 7) is 4.11. The van der Waals surface area contributed by atoms with Gasteiger partial charge in [0.2, 0.25) is 0 Å². The molecule has 0 bridgehead atoms. The van der Waals surface area contributed by atoms with Crippen molar-refractivity contribution < 1.29 is 4.79 Å². The molecule has 0 aliphatic heterocycles. The van der Waals surface area contributed by atoms with E-state index in [0.717, 1.165) is 17.8 Å². The normalized spacial score (nSPS) is 10.7. The molecule has 1 N–H and O–H groups in total. The van der Waals surface area contributed by atoms with Crippen LogP contribution in [0.4, 0.5) is 5.69 Å². The van der Waals surface area contributed by atoms with Crippen LogP contribution in [0.3, 0.4) is 0 Å². The molecule has 128 valence electrons. The third-order valence-electron chi connectivity index (χ3n) is 4.34. The number of rotatable bonds is 4. The highest BCUT2D eigenvalue weighted by molar-refractivity contribution is 6.31. The fourth-order valence-corrected chi connectivity index (χ4v) is 3.01. The van der Waals surface area contributed by atoms with E-state index in [-0.39, 0.29) is 5.91 Å². The molecule has 5 heteroatoms. The molecule has 3 rings (SSSR count). The number of hydrogen-bond acceptors (Lipinski definition) is 2. The number of carbonyl (C=O) groups is 1. The zero-order valence-corrected chi connectivity index (χ0v) is 15.3. The van der Waals surface area contributed by atoms with Crippen molar-refractivity contribution in [2.75, 3.05) is 5.32 Å². The van der Waals surface area contributed by atoms with Crippen molar-refractivity contribution >= 4 is 23.2 Å². The Hall–Kier alpha value is -2.59. The lowest BCUT2D eigenvalue weighted by Gasteiger charge is -2.07. The largest absolute Gasteiger partial charge is 0.322 e. The Morgan fingerprint density at radius 3 is 2.48 bits per heavy atom. The Balaban J connectivity index is 1.71. The standard InChI is InChI=1S/C20H20ClN3O/c1-13-19(14(2)24(3)23-13)11-15-7-9-18(10-8-15)22-20(25)16-5-4-6-17(21)12-16/h4-10,12H,11H2,1-3H3,(H,22,25). The summed E-state index contributed by atoms with van der Waals surface area (Å²) in [5, 5.41) is 7.89. The van der Waals surface area contributed by atoms with Gasteiger partial charge in [0.05, 0.1) is 5.69 Å². The highest BCUT2D eigenvalue weighted by Gasteiger charge is 2.10. The van der Waals surface area contributed by atoms with Crippen LogP contribution >= 0.6 is 11.6 Å². The van der Waals surface area contributed by atoms with Crippen LogP contribution in [0, 0.1) is 13.8 Å². The number of nitrogens with zero attached hydrogens (tertiary/aromatic N) is 2.